The van der Waals surface area contributed by atoms with E-state index in [4.69, 9.17) is 10.5 Å². The maximum Gasteiger partial charge on any atom is 0.0979 e. The maximum atomic E-state index is 9.27. The van der Waals surface area contributed by atoms with E-state index >= 15 is 0 Å². The first-order valence-corrected chi connectivity index (χ1v) is 7.78. The quantitative estimate of drug-likeness (QED) is 0.633. The second-order valence-corrected chi connectivity index (χ2v) is 5.46. The molecule has 1 aliphatic heterocycles. The third-order valence-corrected chi connectivity index (χ3v) is 4.06. The van der Waals surface area contributed by atoms with Gasteiger partial charge >= 0.3 is 0 Å². The summed E-state index contributed by atoms with van der Waals surface area (Å²) in [5.74, 6) is 0. The number of nitriles is 4. The zero-order valence-corrected chi connectivity index (χ0v) is 12.9. The summed E-state index contributed by atoms with van der Waals surface area (Å²) in [7, 11) is 0. The first kappa shape index (κ1) is 17.9. The van der Waals surface area contributed by atoms with Crippen LogP contribution in [0.2, 0.25) is 0 Å². The van der Waals surface area contributed by atoms with Gasteiger partial charge in [0.2, 0.25) is 0 Å². The molecular weight excluding hydrogens is 276 g/mol. The van der Waals surface area contributed by atoms with Crippen molar-refractivity contribution in [3.8, 4) is 24.3 Å². The van der Waals surface area contributed by atoms with E-state index in [1.165, 1.54) is 0 Å². The SMILES string of the molecule is N#CCCCC(C#N)N1CCN(C(C#N)CCCC#N)CC1. The van der Waals surface area contributed by atoms with Crippen LogP contribution in [0, 0.1) is 45.3 Å². The monoisotopic (exact) mass is 298 g/mol. The van der Waals surface area contributed by atoms with Crippen molar-refractivity contribution in [2.45, 2.75) is 50.6 Å². The average molecular weight is 298 g/mol. The van der Waals surface area contributed by atoms with Crippen molar-refractivity contribution >= 4 is 0 Å². The molecule has 0 radical (unpaired) electrons. The Morgan fingerprint density at radius 3 is 1.32 bits per heavy atom. The van der Waals surface area contributed by atoms with Crippen molar-refractivity contribution in [2.75, 3.05) is 26.2 Å². The van der Waals surface area contributed by atoms with Gasteiger partial charge in [-0.15, -0.1) is 0 Å². The molecule has 0 aromatic carbocycles. The molecule has 0 saturated carbocycles. The first-order chi connectivity index (χ1) is 10.8. The maximum absolute atomic E-state index is 9.27. The van der Waals surface area contributed by atoms with Crippen LogP contribution in [-0.2, 0) is 0 Å². The predicted molar refractivity (Wildman–Crippen MR) is 80.9 cm³/mol. The minimum Gasteiger partial charge on any atom is -0.285 e. The van der Waals surface area contributed by atoms with Crippen LogP contribution in [0.15, 0.2) is 0 Å². The van der Waals surface area contributed by atoms with E-state index in [9.17, 15) is 10.5 Å². The van der Waals surface area contributed by atoms with Crippen LogP contribution in [0.3, 0.4) is 0 Å². The van der Waals surface area contributed by atoms with Gasteiger partial charge in [-0.2, -0.15) is 21.0 Å². The van der Waals surface area contributed by atoms with Crippen molar-refractivity contribution in [3.63, 3.8) is 0 Å². The Hall–Kier alpha value is -2.12. The second kappa shape index (κ2) is 10.6. The predicted octanol–water partition coefficient (Wildman–Crippen LogP) is 1.78. The molecule has 1 aliphatic rings. The molecule has 0 aromatic rings. The summed E-state index contributed by atoms with van der Waals surface area (Å²) in [6.45, 7) is 3.12. The molecule has 1 heterocycles. The summed E-state index contributed by atoms with van der Waals surface area (Å²) < 4.78 is 0. The minimum atomic E-state index is -0.130. The Morgan fingerprint density at radius 1 is 0.682 bits per heavy atom. The fourth-order valence-corrected chi connectivity index (χ4v) is 2.77. The van der Waals surface area contributed by atoms with Crippen LogP contribution in [-0.4, -0.2) is 48.1 Å². The summed E-state index contributed by atoms with van der Waals surface area (Å²) >= 11 is 0. The molecule has 22 heavy (non-hydrogen) atoms. The van der Waals surface area contributed by atoms with Crippen molar-refractivity contribution in [1.29, 1.82) is 21.0 Å². The molecule has 2 atom stereocenters. The Kier molecular flexibility index (Phi) is 8.63. The Balaban J connectivity index is 2.41. The van der Waals surface area contributed by atoms with E-state index in [1.807, 2.05) is 0 Å². The molecule has 0 N–H and O–H groups in total. The van der Waals surface area contributed by atoms with Crippen molar-refractivity contribution in [2.24, 2.45) is 0 Å². The fourth-order valence-electron chi connectivity index (χ4n) is 2.77. The number of unbranched alkanes of at least 4 members (excludes halogenated alkanes) is 2. The molecule has 0 spiro atoms. The third-order valence-electron chi connectivity index (χ3n) is 4.06. The van der Waals surface area contributed by atoms with Gasteiger partial charge in [0.15, 0.2) is 0 Å². The summed E-state index contributed by atoms with van der Waals surface area (Å²) in [4.78, 5) is 4.30. The lowest BCUT2D eigenvalue weighted by atomic mass is 10.1. The van der Waals surface area contributed by atoms with Crippen molar-refractivity contribution in [1.82, 2.24) is 9.80 Å². The van der Waals surface area contributed by atoms with Crippen LogP contribution in [0.5, 0.6) is 0 Å². The fraction of sp³-hybridized carbons (Fsp3) is 0.750. The molecule has 6 nitrogen and oxygen atoms in total. The molecule has 0 bridgehead atoms. The topological polar surface area (TPSA) is 102 Å². The van der Waals surface area contributed by atoms with E-state index in [2.05, 4.69) is 34.1 Å². The van der Waals surface area contributed by atoms with Gasteiger partial charge in [-0.05, 0) is 25.7 Å². The second-order valence-electron chi connectivity index (χ2n) is 5.46. The Bertz CT molecular complexity index is 435. The molecule has 6 heteroatoms. The summed E-state index contributed by atoms with van der Waals surface area (Å²) in [5, 5.41) is 35.7. The van der Waals surface area contributed by atoms with Crippen LogP contribution >= 0.6 is 0 Å². The molecule has 1 rings (SSSR count). The molecule has 0 aliphatic carbocycles. The highest BCUT2D eigenvalue weighted by Gasteiger charge is 2.27. The number of rotatable bonds is 8. The van der Waals surface area contributed by atoms with Gasteiger partial charge in [0.25, 0.3) is 0 Å². The summed E-state index contributed by atoms with van der Waals surface area (Å²) in [5.41, 5.74) is 0. The Morgan fingerprint density at radius 2 is 1.05 bits per heavy atom. The molecule has 1 saturated heterocycles. The summed E-state index contributed by atoms with van der Waals surface area (Å²) in [6.07, 6.45) is 3.96. The van der Waals surface area contributed by atoms with E-state index in [1.54, 1.807) is 0 Å². The lowest BCUT2D eigenvalue weighted by molar-refractivity contribution is 0.0920. The van der Waals surface area contributed by atoms with Gasteiger partial charge in [-0.3, -0.25) is 9.80 Å². The zero-order chi connectivity index (χ0) is 16.2. The Labute approximate surface area is 132 Å². The van der Waals surface area contributed by atoms with Gasteiger partial charge in [-0.25, -0.2) is 0 Å². The summed E-state index contributed by atoms with van der Waals surface area (Å²) in [6, 6.07) is 8.61. The largest absolute Gasteiger partial charge is 0.285 e. The highest BCUT2D eigenvalue weighted by molar-refractivity contribution is 4.98. The van der Waals surface area contributed by atoms with Crippen LogP contribution in [0.1, 0.15) is 38.5 Å². The minimum absolute atomic E-state index is 0.130. The molecule has 0 aromatic heterocycles. The lowest BCUT2D eigenvalue weighted by Crippen LogP contribution is -2.52. The van der Waals surface area contributed by atoms with E-state index in [-0.39, 0.29) is 12.1 Å². The van der Waals surface area contributed by atoms with Crippen LogP contribution in [0.25, 0.3) is 0 Å². The van der Waals surface area contributed by atoms with Crippen molar-refractivity contribution in [3.05, 3.63) is 0 Å². The van der Waals surface area contributed by atoms with Gasteiger partial charge < -0.3 is 0 Å². The number of hydrogen-bond donors (Lipinski definition) is 0. The van der Waals surface area contributed by atoms with Crippen LogP contribution in [0.4, 0.5) is 0 Å². The highest BCUT2D eigenvalue weighted by Crippen LogP contribution is 2.15. The molecular formula is C16H22N6. The number of piperazine rings is 1. The van der Waals surface area contributed by atoms with Gasteiger partial charge in [-0.1, -0.05) is 0 Å². The molecule has 2 unspecified atom stereocenters. The average Bonchev–Trinajstić information content (AvgIpc) is 2.56. The number of nitrogens with zero attached hydrogens (tertiary/aromatic N) is 6. The van der Waals surface area contributed by atoms with E-state index in [0.717, 1.165) is 51.9 Å². The number of hydrogen-bond acceptors (Lipinski definition) is 6. The van der Waals surface area contributed by atoms with Gasteiger partial charge in [0, 0.05) is 39.0 Å². The van der Waals surface area contributed by atoms with Gasteiger partial charge in [0.05, 0.1) is 36.4 Å². The standard InChI is InChI=1S/C16H22N6/c17-7-3-1-5-15(13-19)21-9-11-22(12-10-21)16(14-20)6-2-4-8-18/h15-16H,1-6,9-12H2. The molecule has 1 fully saturated rings. The zero-order valence-electron chi connectivity index (χ0n) is 12.9. The smallest absolute Gasteiger partial charge is 0.0979 e. The van der Waals surface area contributed by atoms with Gasteiger partial charge in [0.1, 0.15) is 0 Å². The van der Waals surface area contributed by atoms with E-state index < -0.39 is 0 Å². The van der Waals surface area contributed by atoms with Crippen LogP contribution < -0.4 is 0 Å². The lowest BCUT2D eigenvalue weighted by Gasteiger charge is -2.38. The molecule has 0 amide bonds. The highest BCUT2D eigenvalue weighted by atomic mass is 15.3. The first-order valence-electron chi connectivity index (χ1n) is 7.78. The normalized spacial score (nSPS) is 18.4. The third kappa shape index (κ3) is 5.71. The molecule has 116 valence electrons. The van der Waals surface area contributed by atoms with Crippen molar-refractivity contribution < 1.29 is 0 Å². The van der Waals surface area contributed by atoms with E-state index in [0.29, 0.717) is 12.8 Å².